The highest BCUT2D eigenvalue weighted by molar-refractivity contribution is 7.97. The second-order valence-electron chi connectivity index (χ2n) is 3.68. The molecule has 0 spiro atoms. The lowest BCUT2D eigenvalue weighted by molar-refractivity contribution is 0.0526. The zero-order valence-corrected chi connectivity index (χ0v) is 13.0. The molecule has 0 saturated carbocycles. The number of thiophene rings is 1. The van der Waals surface area contributed by atoms with Crippen LogP contribution in [0.5, 0.6) is 0 Å². The molecule has 0 bridgehead atoms. The van der Waals surface area contributed by atoms with Crippen molar-refractivity contribution in [1.82, 2.24) is 0 Å². The standard InChI is InChI=1S/C13H12O2S.C2H6S/c1-2-15-13(14)11-7-5-10(6-8-11)12-4-3-9-16-12;1-3-2/h3-9H,2H2,1H3;1-2H3. The van der Waals surface area contributed by atoms with E-state index in [0.29, 0.717) is 12.2 Å². The number of carbonyl (C=O) groups excluding carboxylic acids is 1. The number of esters is 1. The Kier molecular flexibility index (Phi) is 7.30. The van der Waals surface area contributed by atoms with Gasteiger partial charge >= 0.3 is 5.97 Å². The Morgan fingerprint density at radius 3 is 2.32 bits per heavy atom. The zero-order valence-electron chi connectivity index (χ0n) is 11.4. The van der Waals surface area contributed by atoms with Crippen LogP contribution in [0.3, 0.4) is 0 Å². The fourth-order valence-electron chi connectivity index (χ4n) is 1.43. The van der Waals surface area contributed by atoms with Gasteiger partial charge in [0.15, 0.2) is 0 Å². The van der Waals surface area contributed by atoms with Gasteiger partial charge in [-0.25, -0.2) is 4.79 Å². The van der Waals surface area contributed by atoms with Crippen molar-refractivity contribution in [3.63, 3.8) is 0 Å². The fraction of sp³-hybridized carbons (Fsp3) is 0.267. The lowest BCUT2D eigenvalue weighted by atomic mass is 10.1. The van der Waals surface area contributed by atoms with Gasteiger partial charge in [0, 0.05) is 4.88 Å². The van der Waals surface area contributed by atoms with Crippen molar-refractivity contribution in [2.24, 2.45) is 0 Å². The molecule has 0 N–H and O–H groups in total. The van der Waals surface area contributed by atoms with Crippen LogP contribution < -0.4 is 0 Å². The predicted molar refractivity (Wildman–Crippen MR) is 85.2 cm³/mol. The van der Waals surface area contributed by atoms with Crippen molar-refractivity contribution in [3.05, 3.63) is 47.3 Å². The molecule has 0 saturated heterocycles. The topological polar surface area (TPSA) is 26.3 Å². The van der Waals surface area contributed by atoms with Crippen molar-refractivity contribution < 1.29 is 9.53 Å². The maximum atomic E-state index is 11.4. The van der Waals surface area contributed by atoms with Crippen LogP contribution in [-0.2, 0) is 4.74 Å². The molecule has 0 atom stereocenters. The van der Waals surface area contributed by atoms with Gasteiger partial charge in [-0.1, -0.05) is 18.2 Å². The largest absolute Gasteiger partial charge is 0.462 e. The average molecular weight is 294 g/mol. The molecule has 2 nitrogen and oxygen atoms in total. The van der Waals surface area contributed by atoms with E-state index in [4.69, 9.17) is 4.74 Å². The first-order chi connectivity index (χ1) is 9.22. The smallest absolute Gasteiger partial charge is 0.338 e. The number of rotatable bonds is 3. The van der Waals surface area contributed by atoms with Crippen LogP contribution >= 0.6 is 23.1 Å². The molecule has 0 radical (unpaired) electrons. The van der Waals surface area contributed by atoms with Gasteiger partial charge in [-0.15, -0.1) is 11.3 Å². The van der Waals surface area contributed by atoms with Gasteiger partial charge in [-0.2, -0.15) is 11.8 Å². The third-order valence-corrected chi connectivity index (χ3v) is 3.12. The molecule has 4 heteroatoms. The van der Waals surface area contributed by atoms with Crippen LogP contribution in [-0.4, -0.2) is 25.1 Å². The van der Waals surface area contributed by atoms with Crippen molar-refractivity contribution in [2.45, 2.75) is 6.92 Å². The second-order valence-corrected chi connectivity index (χ2v) is 5.45. The van der Waals surface area contributed by atoms with Crippen molar-refractivity contribution in [3.8, 4) is 10.4 Å². The van der Waals surface area contributed by atoms with E-state index in [-0.39, 0.29) is 5.97 Å². The van der Waals surface area contributed by atoms with E-state index >= 15 is 0 Å². The molecule has 0 aliphatic heterocycles. The molecule has 0 amide bonds. The summed E-state index contributed by atoms with van der Waals surface area (Å²) in [7, 11) is 0. The maximum absolute atomic E-state index is 11.4. The molecule has 102 valence electrons. The van der Waals surface area contributed by atoms with Crippen LogP contribution in [0.1, 0.15) is 17.3 Å². The Hall–Kier alpha value is -1.26. The van der Waals surface area contributed by atoms with Gasteiger partial charge < -0.3 is 4.74 Å². The number of carbonyl (C=O) groups is 1. The van der Waals surface area contributed by atoms with Crippen LogP contribution in [0, 0.1) is 0 Å². The fourth-order valence-corrected chi connectivity index (χ4v) is 2.16. The molecular weight excluding hydrogens is 276 g/mol. The Morgan fingerprint density at radius 2 is 1.84 bits per heavy atom. The Labute approximate surface area is 122 Å². The van der Waals surface area contributed by atoms with E-state index in [1.807, 2.05) is 36.1 Å². The van der Waals surface area contributed by atoms with Gasteiger partial charge in [-0.3, -0.25) is 0 Å². The molecule has 0 aliphatic rings. The lowest BCUT2D eigenvalue weighted by Gasteiger charge is -2.02. The summed E-state index contributed by atoms with van der Waals surface area (Å²) in [4.78, 5) is 12.6. The highest BCUT2D eigenvalue weighted by Crippen LogP contribution is 2.24. The van der Waals surface area contributed by atoms with Crippen LogP contribution in [0.25, 0.3) is 10.4 Å². The summed E-state index contributed by atoms with van der Waals surface area (Å²) in [6.45, 7) is 2.21. The van der Waals surface area contributed by atoms with E-state index in [2.05, 4.69) is 6.07 Å². The summed E-state index contributed by atoms with van der Waals surface area (Å²) in [6, 6.07) is 11.6. The third-order valence-electron chi connectivity index (χ3n) is 2.20. The van der Waals surface area contributed by atoms with Crippen LogP contribution in [0.4, 0.5) is 0 Å². The van der Waals surface area contributed by atoms with E-state index in [0.717, 1.165) is 5.56 Å². The monoisotopic (exact) mass is 294 g/mol. The van der Waals surface area contributed by atoms with Crippen LogP contribution in [0.15, 0.2) is 41.8 Å². The van der Waals surface area contributed by atoms with Crippen LogP contribution in [0.2, 0.25) is 0 Å². The minimum absolute atomic E-state index is 0.264. The minimum Gasteiger partial charge on any atom is -0.462 e. The van der Waals surface area contributed by atoms with Crippen molar-refractivity contribution in [2.75, 3.05) is 19.1 Å². The first-order valence-electron chi connectivity index (χ1n) is 5.94. The van der Waals surface area contributed by atoms with E-state index in [1.165, 1.54) is 4.88 Å². The van der Waals surface area contributed by atoms with Gasteiger partial charge in [0.05, 0.1) is 12.2 Å². The zero-order chi connectivity index (χ0) is 14.1. The first kappa shape index (κ1) is 15.8. The average Bonchev–Trinajstić information content (AvgIpc) is 2.94. The molecule has 19 heavy (non-hydrogen) atoms. The molecule has 0 aliphatic carbocycles. The molecule has 1 aromatic carbocycles. The van der Waals surface area contributed by atoms with Crippen molar-refractivity contribution >= 4 is 29.1 Å². The molecule has 1 aromatic heterocycles. The summed E-state index contributed by atoms with van der Waals surface area (Å²) in [5.74, 6) is -0.264. The maximum Gasteiger partial charge on any atom is 0.338 e. The summed E-state index contributed by atoms with van der Waals surface area (Å²) < 4.78 is 4.92. The quantitative estimate of drug-likeness (QED) is 0.776. The SMILES string of the molecule is CCOC(=O)c1ccc(-c2cccs2)cc1.CSC. The number of hydrogen-bond acceptors (Lipinski definition) is 4. The Morgan fingerprint density at radius 1 is 1.21 bits per heavy atom. The molecule has 0 fully saturated rings. The highest BCUT2D eigenvalue weighted by atomic mass is 32.2. The lowest BCUT2D eigenvalue weighted by Crippen LogP contribution is -2.03. The normalized spacial score (nSPS) is 9.42. The van der Waals surface area contributed by atoms with Gasteiger partial charge in [-0.05, 0) is 48.6 Å². The minimum atomic E-state index is -0.264. The third kappa shape index (κ3) is 5.09. The van der Waals surface area contributed by atoms with E-state index < -0.39 is 0 Å². The second kappa shape index (κ2) is 8.77. The molecule has 0 unspecified atom stereocenters. The summed E-state index contributed by atoms with van der Waals surface area (Å²) in [5, 5.41) is 2.04. The summed E-state index contributed by atoms with van der Waals surface area (Å²) >= 11 is 3.43. The van der Waals surface area contributed by atoms with Crippen molar-refractivity contribution in [1.29, 1.82) is 0 Å². The highest BCUT2D eigenvalue weighted by Gasteiger charge is 2.06. The molecule has 2 rings (SSSR count). The molecule has 1 heterocycles. The number of benzene rings is 1. The van der Waals surface area contributed by atoms with E-state index in [9.17, 15) is 4.79 Å². The molecular formula is C15H18O2S2. The number of thioether (sulfide) groups is 1. The molecule has 2 aromatic rings. The summed E-state index contributed by atoms with van der Waals surface area (Å²) in [6.07, 6.45) is 4.08. The number of ether oxygens (including phenoxy) is 1. The first-order valence-corrected chi connectivity index (χ1v) is 8.45. The van der Waals surface area contributed by atoms with Gasteiger partial charge in [0.2, 0.25) is 0 Å². The van der Waals surface area contributed by atoms with Gasteiger partial charge in [0.25, 0.3) is 0 Å². The Bertz CT molecular complexity index is 475. The predicted octanol–water partition coefficient (Wildman–Crippen LogP) is 4.57. The van der Waals surface area contributed by atoms with Gasteiger partial charge in [0.1, 0.15) is 0 Å². The van der Waals surface area contributed by atoms with E-state index in [1.54, 1.807) is 42.2 Å². The number of hydrogen-bond donors (Lipinski definition) is 0. The Balaban J connectivity index is 0.000000550. The summed E-state index contributed by atoms with van der Waals surface area (Å²) in [5.41, 5.74) is 1.73.